The number of halogens is 1. The van der Waals surface area contributed by atoms with Crippen molar-refractivity contribution in [2.24, 2.45) is 0 Å². The minimum atomic E-state index is -0.153. The first-order valence-corrected chi connectivity index (χ1v) is 10.9. The zero-order valence-corrected chi connectivity index (χ0v) is 17.5. The Bertz CT molecular complexity index is 1400. The summed E-state index contributed by atoms with van der Waals surface area (Å²) in [6.45, 7) is 3.07. The number of benzene rings is 3. The van der Waals surface area contributed by atoms with Crippen LogP contribution in [0.2, 0.25) is 5.02 Å². The van der Waals surface area contributed by atoms with Crippen LogP contribution in [-0.2, 0) is 11.3 Å². The Labute approximate surface area is 180 Å². The third kappa shape index (κ3) is 2.30. The average molecular weight is 413 g/mol. The number of hydrogen-bond donors (Lipinski definition) is 1. The van der Waals surface area contributed by atoms with E-state index in [9.17, 15) is 4.79 Å². The molecule has 0 spiro atoms. The standard InChI is InChI=1S/C26H21ClN2O/c1-2-29-20-10-6-4-8-16(20)23-21(29)13-11-19-26(23)24(15-7-3-5-9-17(15)27)25-18(28-19)12-14-22(25)30/h3-11,13,24,28H,2,12,14H2,1H3. The van der Waals surface area contributed by atoms with Crippen LogP contribution in [0.15, 0.2) is 71.9 Å². The number of allylic oxidation sites excluding steroid dienone is 2. The third-order valence-electron chi connectivity index (χ3n) is 6.60. The second-order valence-corrected chi connectivity index (χ2v) is 8.48. The molecule has 30 heavy (non-hydrogen) atoms. The van der Waals surface area contributed by atoms with E-state index in [1.54, 1.807) is 0 Å². The maximum atomic E-state index is 13.0. The van der Waals surface area contributed by atoms with Gasteiger partial charge in [-0.05, 0) is 48.7 Å². The number of aryl methyl sites for hydroxylation is 1. The molecule has 0 amide bonds. The molecule has 3 aromatic carbocycles. The molecule has 6 rings (SSSR count). The van der Waals surface area contributed by atoms with E-state index in [1.165, 1.54) is 21.8 Å². The van der Waals surface area contributed by atoms with Gasteiger partial charge in [0.15, 0.2) is 5.78 Å². The number of ketones is 1. The van der Waals surface area contributed by atoms with Crippen molar-refractivity contribution < 1.29 is 4.79 Å². The first-order chi connectivity index (χ1) is 14.7. The van der Waals surface area contributed by atoms with Crippen molar-refractivity contribution in [1.82, 2.24) is 4.57 Å². The Kier molecular flexibility index (Phi) is 3.84. The lowest BCUT2D eigenvalue weighted by molar-refractivity contribution is -0.115. The first-order valence-electron chi connectivity index (χ1n) is 10.5. The van der Waals surface area contributed by atoms with Crippen LogP contribution < -0.4 is 5.32 Å². The van der Waals surface area contributed by atoms with Gasteiger partial charge in [0.1, 0.15) is 0 Å². The highest BCUT2D eigenvalue weighted by Crippen LogP contribution is 2.51. The van der Waals surface area contributed by atoms with E-state index in [-0.39, 0.29) is 11.7 Å². The van der Waals surface area contributed by atoms with Crippen LogP contribution in [0.3, 0.4) is 0 Å². The number of nitrogens with zero attached hydrogens (tertiary/aromatic N) is 1. The molecule has 3 nitrogen and oxygen atoms in total. The van der Waals surface area contributed by atoms with E-state index in [1.807, 2.05) is 18.2 Å². The maximum Gasteiger partial charge on any atom is 0.161 e. The summed E-state index contributed by atoms with van der Waals surface area (Å²) in [5, 5.41) is 6.74. The molecule has 0 saturated heterocycles. The van der Waals surface area contributed by atoms with Gasteiger partial charge in [0.05, 0.1) is 0 Å². The number of nitrogens with one attached hydrogen (secondary N) is 1. The zero-order chi connectivity index (χ0) is 20.4. The molecular weight excluding hydrogens is 392 g/mol. The molecule has 1 aromatic heterocycles. The smallest absolute Gasteiger partial charge is 0.161 e. The van der Waals surface area contributed by atoms with Crippen LogP contribution in [0.5, 0.6) is 0 Å². The van der Waals surface area contributed by atoms with Gasteiger partial charge in [0.2, 0.25) is 0 Å². The molecule has 1 aliphatic heterocycles. The molecule has 2 aliphatic rings. The van der Waals surface area contributed by atoms with E-state index in [4.69, 9.17) is 11.6 Å². The van der Waals surface area contributed by atoms with Crippen LogP contribution in [0.25, 0.3) is 21.8 Å². The lowest BCUT2D eigenvalue weighted by Gasteiger charge is -2.30. The first kappa shape index (κ1) is 17.8. The van der Waals surface area contributed by atoms with Crippen LogP contribution >= 0.6 is 11.6 Å². The van der Waals surface area contributed by atoms with E-state index >= 15 is 0 Å². The van der Waals surface area contributed by atoms with Gasteiger partial charge in [-0.2, -0.15) is 0 Å². The van der Waals surface area contributed by atoms with Crippen molar-refractivity contribution in [3.05, 3.63) is 88.1 Å². The topological polar surface area (TPSA) is 34.0 Å². The Hall–Kier alpha value is -3.04. The largest absolute Gasteiger partial charge is 0.358 e. The number of aromatic nitrogens is 1. The molecule has 2 heterocycles. The number of carbonyl (C=O) groups excluding carboxylic acids is 1. The Morgan fingerprint density at radius 2 is 1.80 bits per heavy atom. The van der Waals surface area contributed by atoms with Gasteiger partial charge >= 0.3 is 0 Å². The van der Waals surface area contributed by atoms with Gasteiger partial charge in [-0.25, -0.2) is 0 Å². The number of anilines is 1. The summed E-state index contributed by atoms with van der Waals surface area (Å²) in [5.74, 6) is 0.0732. The number of rotatable bonds is 2. The quantitative estimate of drug-likeness (QED) is 0.400. The van der Waals surface area contributed by atoms with Gasteiger partial charge in [-0.15, -0.1) is 0 Å². The van der Waals surface area contributed by atoms with Gasteiger partial charge < -0.3 is 9.88 Å². The molecule has 148 valence electrons. The molecule has 0 fully saturated rings. The van der Waals surface area contributed by atoms with Gasteiger partial charge in [-0.3, -0.25) is 4.79 Å². The van der Waals surface area contributed by atoms with Crippen LogP contribution in [0.4, 0.5) is 5.69 Å². The van der Waals surface area contributed by atoms with Crippen LogP contribution in [0, 0.1) is 0 Å². The van der Waals surface area contributed by atoms with Crippen molar-refractivity contribution in [2.45, 2.75) is 32.2 Å². The SMILES string of the molecule is CCn1c2ccccc2c2c3c(ccc21)NC1=C(C(=O)CC1)C3c1ccccc1Cl. The fraction of sp³-hybridized carbons (Fsp3) is 0.192. The molecule has 1 atom stereocenters. The van der Waals surface area contributed by atoms with E-state index in [2.05, 4.69) is 59.3 Å². The molecule has 1 N–H and O–H groups in total. The number of fused-ring (bicyclic) bond motifs is 5. The maximum absolute atomic E-state index is 13.0. The van der Waals surface area contributed by atoms with Crippen LogP contribution in [-0.4, -0.2) is 10.4 Å². The number of Topliss-reactive ketones (excluding diaryl/α,β-unsaturated/α-hetero) is 1. The molecule has 4 aromatic rings. The highest BCUT2D eigenvalue weighted by atomic mass is 35.5. The molecule has 0 bridgehead atoms. The number of hydrogen-bond acceptors (Lipinski definition) is 2. The Morgan fingerprint density at radius 1 is 1.00 bits per heavy atom. The second kappa shape index (κ2) is 6.48. The molecular formula is C26H21ClN2O. The minimum Gasteiger partial charge on any atom is -0.358 e. The molecule has 1 unspecified atom stereocenters. The summed E-state index contributed by atoms with van der Waals surface area (Å²) in [7, 11) is 0. The van der Waals surface area contributed by atoms with Crippen molar-refractivity contribution in [3.8, 4) is 0 Å². The fourth-order valence-corrected chi connectivity index (χ4v) is 5.63. The minimum absolute atomic E-state index is 0.153. The normalized spacial score (nSPS) is 18.1. The summed E-state index contributed by atoms with van der Waals surface area (Å²) in [5.41, 5.74) is 7.61. The second-order valence-electron chi connectivity index (χ2n) is 8.08. The summed E-state index contributed by atoms with van der Waals surface area (Å²) < 4.78 is 2.36. The van der Waals surface area contributed by atoms with E-state index in [0.29, 0.717) is 11.4 Å². The van der Waals surface area contributed by atoms with Gasteiger partial charge in [-0.1, -0.05) is 48.0 Å². The predicted octanol–water partition coefficient (Wildman–Crippen LogP) is 6.64. The van der Waals surface area contributed by atoms with Crippen molar-refractivity contribution in [1.29, 1.82) is 0 Å². The predicted molar refractivity (Wildman–Crippen MR) is 123 cm³/mol. The van der Waals surface area contributed by atoms with E-state index < -0.39 is 0 Å². The third-order valence-corrected chi connectivity index (χ3v) is 6.95. The summed E-state index contributed by atoms with van der Waals surface area (Å²) >= 11 is 6.70. The van der Waals surface area contributed by atoms with E-state index in [0.717, 1.165) is 41.1 Å². The van der Waals surface area contributed by atoms with Gasteiger partial charge in [0, 0.05) is 62.7 Å². The zero-order valence-electron chi connectivity index (χ0n) is 16.7. The molecule has 0 saturated carbocycles. The molecule has 1 aliphatic carbocycles. The summed E-state index contributed by atoms with van der Waals surface area (Å²) in [6.07, 6.45) is 1.33. The lowest BCUT2D eigenvalue weighted by atomic mass is 9.79. The highest BCUT2D eigenvalue weighted by Gasteiger charge is 2.39. The van der Waals surface area contributed by atoms with Crippen molar-refractivity contribution in [2.75, 3.05) is 5.32 Å². The Balaban J connectivity index is 1.78. The van der Waals surface area contributed by atoms with Gasteiger partial charge in [0.25, 0.3) is 0 Å². The Morgan fingerprint density at radius 3 is 2.63 bits per heavy atom. The fourth-order valence-electron chi connectivity index (χ4n) is 5.38. The highest BCUT2D eigenvalue weighted by molar-refractivity contribution is 6.31. The molecule has 4 heteroatoms. The van der Waals surface area contributed by atoms with Crippen molar-refractivity contribution in [3.63, 3.8) is 0 Å². The van der Waals surface area contributed by atoms with Crippen molar-refractivity contribution >= 4 is 44.9 Å². The summed E-state index contributed by atoms with van der Waals surface area (Å²) in [6, 6.07) is 20.9. The monoisotopic (exact) mass is 412 g/mol. The lowest BCUT2D eigenvalue weighted by Crippen LogP contribution is -2.20. The average Bonchev–Trinajstić information content (AvgIpc) is 3.30. The number of para-hydroxylation sites is 1. The van der Waals surface area contributed by atoms with Crippen LogP contribution in [0.1, 0.15) is 36.8 Å². The number of carbonyl (C=O) groups is 1. The summed E-state index contributed by atoms with van der Waals surface area (Å²) in [4.78, 5) is 13.0. The molecule has 0 radical (unpaired) electrons.